The largest absolute Gasteiger partial charge is 0.389 e. The molecule has 0 spiro atoms. The van der Waals surface area contributed by atoms with E-state index in [0.29, 0.717) is 6.54 Å². The minimum Gasteiger partial charge on any atom is -0.389 e. The zero-order valence-electron chi connectivity index (χ0n) is 9.96. The van der Waals surface area contributed by atoms with Gasteiger partial charge in [0.05, 0.1) is 5.60 Å². The topological polar surface area (TPSA) is 32.3 Å². The van der Waals surface area contributed by atoms with E-state index in [9.17, 15) is 5.11 Å². The Hall–Kier alpha value is -0.380. The summed E-state index contributed by atoms with van der Waals surface area (Å²) in [4.78, 5) is 0. The lowest BCUT2D eigenvalue weighted by molar-refractivity contribution is 0.0498. The van der Waals surface area contributed by atoms with E-state index in [0.717, 1.165) is 23.9 Å². The molecule has 90 valence electrons. The van der Waals surface area contributed by atoms with Crippen molar-refractivity contribution >= 4 is 15.9 Å². The Morgan fingerprint density at radius 2 is 2.19 bits per heavy atom. The summed E-state index contributed by atoms with van der Waals surface area (Å²) in [6.07, 6.45) is 1.84. The van der Waals surface area contributed by atoms with Gasteiger partial charge in [0, 0.05) is 17.6 Å². The van der Waals surface area contributed by atoms with Gasteiger partial charge < -0.3 is 10.4 Å². The van der Waals surface area contributed by atoms with E-state index in [2.05, 4.69) is 40.3 Å². The van der Waals surface area contributed by atoms with Crippen molar-refractivity contribution in [1.29, 1.82) is 0 Å². The summed E-state index contributed by atoms with van der Waals surface area (Å²) < 4.78 is 1.09. The molecular weight excluding hydrogens is 266 g/mol. The second-order valence-corrected chi connectivity index (χ2v) is 5.40. The van der Waals surface area contributed by atoms with Crippen LogP contribution >= 0.6 is 15.9 Å². The molecule has 1 aromatic carbocycles. The molecule has 16 heavy (non-hydrogen) atoms. The molecule has 0 heterocycles. The first kappa shape index (κ1) is 13.7. The van der Waals surface area contributed by atoms with Gasteiger partial charge in [0.15, 0.2) is 0 Å². The molecule has 0 aliphatic carbocycles. The molecular formula is C13H20BrNO. The van der Waals surface area contributed by atoms with Crippen LogP contribution in [-0.2, 0) is 6.54 Å². The van der Waals surface area contributed by atoms with Gasteiger partial charge in [-0.25, -0.2) is 0 Å². The molecule has 2 N–H and O–H groups in total. The normalized spacial score (nSPS) is 14.8. The van der Waals surface area contributed by atoms with E-state index < -0.39 is 5.60 Å². The predicted molar refractivity (Wildman–Crippen MR) is 71.4 cm³/mol. The molecule has 1 atom stereocenters. The first-order valence-electron chi connectivity index (χ1n) is 5.71. The highest BCUT2D eigenvalue weighted by Gasteiger charge is 2.17. The first-order valence-corrected chi connectivity index (χ1v) is 6.50. The zero-order valence-corrected chi connectivity index (χ0v) is 11.5. The van der Waals surface area contributed by atoms with Crippen LogP contribution in [0.3, 0.4) is 0 Å². The Kier molecular flexibility index (Phi) is 5.46. The average molecular weight is 286 g/mol. The third-order valence-corrected chi connectivity index (χ3v) is 3.01. The number of aliphatic hydroxyl groups is 1. The summed E-state index contributed by atoms with van der Waals surface area (Å²) in [7, 11) is 0. The molecule has 0 radical (unpaired) electrons. The summed E-state index contributed by atoms with van der Waals surface area (Å²) in [6, 6.07) is 8.19. The molecule has 0 bridgehead atoms. The zero-order chi connectivity index (χ0) is 12.0. The van der Waals surface area contributed by atoms with Crippen LogP contribution in [0.4, 0.5) is 0 Å². The summed E-state index contributed by atoms with van der Waals surface area (Å²) >= 11 is 3.44. The van der Waals surface area contributed by atoms with Crippen LogP contribution in [0.25, 0.3) is 0 Å². The number of rotatable bonds is 6. The fraction of sp³-hybridized carbons (Fsp3) is 0.538. The summed E-state index contributed by atoms with van der Waals surface area (Å²) in [6.45, 7) is 5.39. The van der Waals surface area contributed by atoms with Crippen LogP contribution in [0.5, 0.6) is 0 Å². The Bertz CT molecular complexity index is 325. The van der Waals surface area contributed by atoms with Gasteiger partial charge in [0.25, 0.3) is 0 Å². The lowest BCUT2D eigenvalue weighted by atomic mass is 10.0. The van der Waals surface area contributed by atoms with Crippen molar-refractivity contribution in [2.24, 2.45) is 0 Å². The maximum absolute atomic E-state index is 9.98. The molecule has 0 aliphatic heterocycles. The Morgan fingerprint density at radius 1 is 1.44 bits per heavy atom. The van der Waals surface area contributed by atoms with Crippen molar-refractivity contribution in [2.75, 3.05) is 6.54 Å². The predicted octanol–water partition coefficient (Wildman–Crippen LogP) is 3.09. The maximum atomic E-state index is 9.98. The van der Waals surface area contributed by atoms with Crippen LogP contribution in [0, 0.1) is 0 Å². The van der Waals surface area contributed by atoms with Crippen molar-refractivity contribution < 1.29 is 5.11 Å². The molecule has 0 saturated heterocycles. The monoisotopic (exact) mass is 285 g/mol. The molecule has 0 aromatic heterocycles. The molecule has 1 aromatic rings. The summed E-state index contributed by atoms with van der Waals surface area (Å²) in [5.41, 5.74) is 0.627. The average Bonchev–Trinajstić information content (AvgIpc) is 2.17. The fourth-order valence-corrected chi connectivity index (χ4v) is 2.20. The van der Waals surface area contributed by atoms with Crippen LogP contribution in [0.2, 0.25) is 0 Å². The van der Waals surface area contributed by atoms with Crippen LogP contribution in [0.1, 0.15) is 32.3 Å². The first-order chi connectivity index (χ1) is 7.53. The van der Waals surface area contributed by atoms with Gasteiger partial charge in [-0.05, 0) is 31.0 Å². The highest BCUT2D eigenvalue weighted by atomic mass is 79.9. The number of halogens is 1. The number of hydrogen-bond donors (Lipinski definition) is 2. The molecule has 1 rings (SSSR count). The highest BCUT2D eigenvalue weighted by Crippen LogP contribution is 2.13. The molecule has 0 saturated carbocycles. The quantitative estimate of drug-likeness (QED) is 0.842. The Labute approximate surface area is 106 Å². The van der Waals surface area contributed by atoms with Gasteiger partial charge in [-0.2, -0.15) is 0 Å². The van der Waals surface area contributed by atoms with Crippen molar-refractivity contribution in [3.05, 3.63) is 34.3 Å². The minimum absolute atomic E-state index is 0.596. The lowest BCUT2D eigenvalue weighted by Crippen LogP contribution is -2.37. The SMILES string of the molecule is CCCC(C)(O)CNCc1cccc(Br)c1. The minimum atomic E-state index is -0.596. The number of nitrogens with one attached hydrogen (secondary N) is 1. The lowest BCUT2D eigenvalue weighted by Gasteiger charge is -2.23. The van der Waals surface area contributed by atoms with E-state index in [1.54, 1.807) is 0 Å². The molecule has 0 fully saturated rings. The van der Waals surface area contributed by atoms with Crippen molar-refractivity contribution in [2.45, 2.75) is 38.8 Å². The van der Waals surface area contributed by atoms with Crippen molar-refractivity contribution in [3.8, 4) is 0 Å². The van der Waals surface area contributed by atoms with Crippen LogP contribution in [-0.4, -0.2) is 17.3 Å². The van der Waals surface area contributed by atoms with E-state index >= 15 is 0 Å². The van der Waals surface area contributed by atoms with E-state index in [1.807, 2.05) is 19.1 Å². The number of hydrogen-bond acceptors (Lipinski definition) is 2. The second-order valence-electron chi connectivity index (χ2n) is 4.48. The summed E-state index contributed by atoms with van der Waals surface area (Å²) in [5.74, 6) is 0. The Morgan fingerprint density at radius 3 is 2.81 bits per heavy atom. The molecule has 2 nitrogen and oxygen atoms in total. The number of benzene rings is 1. The van der Waals surface area contributed by atoms with E-state index in [4.69, 9.17) is 0 Å². The van der Waals surface area contributed by atoms with Gasteiger partial charge >= 0.3 is 0 Å². The molecule has 0 aliphatic rings. The van der Waals surface area contributed by atoms with Gasteiger partial charge in [-0.15, -0.1) is 0 Å². The maximum Gasteiger partial charge on any atom is 0.0743 e. The van der Waals surface area contributed by atoms with Crippen molar-refractivity contribution in [3.63, 3.8) is 0 Å². The molecule has 1 unspecified atom stereocenters. The molecule has 3 heteroatoms. The van der Waals surface area contributed by atoms with E-state index in [1.165, 1.54) is 5.56 Å². The van der Waals surface area contributed by atoms with Crippen LogP contribution < -0.4 is 5.32 Å². The molecule has 0 amide bonds. The third-order valence-electron chi connectivity index (χ3n) is 2.51. The highest BCUT2D eigenvalue weighted by molar-refractivity contribution is 9.10. The van der Waals surface area contributed by atoms with Gasteiger partial charge in [0.1, 0.15) is 0 Å². The van der Waals surface area contributed by atoms with Crippen LogP contribution in [0.15, 0.2) is 28.7 Å². The van der Waals surface area contributed by atoms with Gasteiger partial charge in [-0.3, -0.25) is 0 Å². The van der Waals surface area contributed by atoms with Crippen molar-refractivity contribution in [1.82, 2.24) is 5.32 Å². The third kappa shape index (κ3) is 5.10. The smallest absolute Gasteiger partial charge is 0.0743 e. The second kappa shape index (κ2) is 6.38. The van der Waals surface area contributed by atoms with Gasteiger partial charge in [0.2, 0.25) is 0 Å². The summed E-state index contributed by atoms with van der Waals surface area (Å²) in [5, 5.41) is 13.3. The Balaban J connectivity index is 2.35. The van der Waals surface area contributed by atoms with Gasteiger partial charge in [-0.1, -0.05) is 41.4 Å². The fourth-order valence-electron chi connectivity index (χ4n) is 1.75. The standard InChI is InChI=1S/C13H20BrNO/c1-3-7-13(2,16)10-15-9-11-5-4-6-12(14)8-11/h4-6,8,15-16H,3,7,9-10H2,1-2H3. The van der Waals surface area contributed by atoms with E-state index in [-0.39, 0.29) is 0 Å².